The molecular formula is C10H10I2N2O2. The Balaban J connectivity index is 3.00. The van der Waals surface area contributed by atoms with Gasteiger partial charge in [-0.25, -0.2) is 0 Å². The van der Waals surface area contributed by atoms with Crippen molar-refractivity contribution < 1.29 is 9.59 Å². The molecule has 1 atom stereocenters. The molecule has 16 heavy (non-hydrogen) atoms. The molecule has 0 aliphatic carbocycles. The lowest BCUT2D eigenvalue weighted by molar-refractivity contribution is -0.119. The van der Waals surface area contributed by atoms with E-state index in [-0.39, 0.29) is 0 Å². The number of halogens is 2. The number of hydrogen-bond donors (Lipinski definition) is 2. The van der Waals surface area contributed by atoms with Gasteiger partial charge in [-0.05, 0) is 69.3 Å². The van der Waals surface area contributed by atoms with Crippen LogP contribution in [-0.2, 0) is 11.2 Å². The first-order valence-corrected chi connectivity index (χ1v) is 6.59. The molecule has 4 nitrogen and oxygen atoms in total. The van der Waals surface area contributed by atoms with Gasteiger partial charge in [0.2, 0.25) is 5.91 Å². The van der Waals surface area contributed by atoms with Crippen LogP contribution in [0.15, 0.2) is 12.1 Å². The number of carbonyl (C=O) groups excluding carboxylic acids is 2. The van der Waals surface area contributed by atoms with Gasteiger partial charge in [0, 0.05) is 12.7 Å². The molecule has 0 aliphatic heterocycles. The average molecular weight is 444 g/mol. The van der Waals surface area contributed by atoms with Crippen molar-refractivity contribution in [3.8, 4) is 0 Å². The first kappa shape index (κ1) is 13.8. The molecule has 1 unspecified atom stereocenters. The van der Waals surface area contributed by atoms with Crippen molar-refractivity contribution in [2.24, 2.45) is 11.5 Å². The third-order valence-corrected chi connectivity index (χ3v) is 3.86. The van der Waals surface area contributed by atoms with Crippen molar-refractivity contribution in [3.05, 3.63) is 30.4 Å². The van der Waals surface area contributed by atoms with E-state index in [0.717, 1.165) is 19.0 Å². The zero-order valence-corrected chi connectivity index (χ0v) is 12.6. The molecule has 0 bridgehead atoms. The quantitative estimate of drug-likeness (QED) is 0.539. The normalized spacial score (nSPS) is 12.2. The summed E-state index contributed by atoms with van der Waals surface area (Å²) in [6.07, 6.45) is 1.21. The highest BCUT2D eigenvalue weighted by molar-refractivity contribution is 14.1. The molecule has 0 saturated heterocycles. The fourth-order valence-electron chi connectivity index (χ4n) is 1.22. The van der Waals surface area contributed by atoms with Crippen molar-refractivity contribution in [2.45, 2.75) is 12.5 Å². The van der Waals surface area contributed by atoms with Crippen LogP contribution >= 0.6 is 45.2 Å². The first-order valence-electron chi connectivity index (χ1n) is 4.43. The highest BCUT2D eigenvalue weighted by Gasteiger charge is 2.12. The molecule has 4 N–H and O–H groups in total. The Bertz CT molecular complexity index is 412. The lowest BCUT2D eigenvalue weighted by Gasteiger charge is -2.09. The highest BCUT2D eigenvalue weighted by Crippen LogP contribution is 2.20. The highest BCUT2D eigenvalue weighted by atomic mass is 127. The zero-order chi connectivity index (χ0) is 12.3. The maximum atomic E-state index is 10.8. The van der Waals surface area contributed by atoms with Crippen molar-refractivity contribution in [3.63, 3.8) is 0 Å². The molecule has 1 amide bonds. The van der Waals surface area contributed by atoms with Crippen LogP contribution in [0.5, 0.6) is 0 Å². The maximum Gasteiger partial charge on any atom is 0.234 e. The number of primary amides is 1. The summed E-state index contributed by atoms with van der Waals surface area (Å²) < 4.78 is 1.71. The summed E-state index contributed by atoms with van der Waals surface area (Å²) in [6, 6.07) is 3.00. The van der Waals surface area contributed by atoms with Crippen LogP contribution in [0.4, 0.5) is 0 Å². The molecule has 0 aliphatic rings. The second-order valence-electron chi connectivity index (χ2n) is 3.30. The van der Waals surface area contributed by atoms with E-state index in [2.05, 4.69) is 45.2 Å². The van der Waals surface area contributed by atoms with E-state index in [4.69, 9.17) is 11.5 Å². The zero-order valence-electron chi connectivity index (χ0n) is 8.24. The Kier molecular flexibility index (Phi) is 5.12. The third kappa shape index (κ3) is 3.39. The van der Waals surface area contributed by atoms with Gasteiger partial charge in [0.25, 0.3) is 0 Å². The van der Waals surface area contributed by atoms with Gasteiger partial charge in [-0.3, -0.25) is 9.59 Å². The van der Waals surface area contributed by atoms with Crippen LogP contribution in [0, 0.1) is 7.14 Å². The predicted octanol–water partition coefficient (Wildman–Crippen LogP) is 1.06. The average Bonchev–Trinajstić information content (AvgIpc) is 2.16. The van der Waals surface area contributed by atoms with Crippen molar-refractivity contribution in [2.75, 3.05) is 0 Å². The minimum absolute atomic E-state index is 0.389. The van der Waals surface area contributed by atoms with E-state index in [1.54, 1.807) is 0 Å². The van der Waals surface area contributed by atoms with Gasteiger partial charge >= 0.3 is 0 Å². The van der Waals surface area contributed by atoms with E-state index < -0.39 is 11.9 Å². The second kappa shape index (κ2) is 5.92. The molecule has 6 heteroatoms. The lowest BCUT2D eigenvalue weighted by Crippen LogP contribution is -2.38. The summed E-state index contributed by atoms with van der Waals surface area (Å²) in [7, 11) is 0. The van der Waals surface area contributed by atoms with Gasteiger partial charge in [-0.15, -0.1) is 0 Å². The predicted molar refractivity (Wildman–Crippen MR) is 78.1 cm³/mol. The first-order chi connectivity index (χ1) is 7.45. The van der Waals surface area contributed by atoms with Crippen LogP contribution in [0.2, 0.25) is 0 Å². The van der Waals surface area contributed by atoms with Crippen LogP contribution in [0.25, 0.3) is 0 Å². The second-order valence-corrected chi connectivity index (χ2v) is 5.63. The number of hydrogen-bond acceptors (Lipinski definition) is 3. The summed E-state index contributed by atoms with van der Waals surface area (Å²) in [5, 5.41) is 0. The monoisotopic (exact) mass is 444 g/mol. The standard InChI is InChI=1S/C10H10I2N2O2/c11-7-1-5(3-9(13)10(14)16)2-8(12)6(7)4-15/h1-2,4,9H,3,13H2,(H2,14,16). The van der Waals surface area contributed by atoms with Gasteiger partial charge in [0.1, 0.15) is 0 Å². The summed E-state index contributed by atoms with van der Waals surface area (Å²) in [5.74, 6) is -0.524. The number of aldehydes is 1. The van der Waals surface area contributed by atoms with E-state index in [1.807, 2.05) is 12.1 Å². The van der Waals surface area contributed by atoms with E-state index in [9.17, 15) is 9.59 Å². The van der Waals surface area contributed by atoms with Gasteiger partial charge in [0.15, 0.2) is 6.29 Å². The summed E-state index contributed by atoms with van der Waals surface area (Å²) in [4.78, 5) is 21.6. The van der Waals surface area contributed by atoms with Crippen molar-refractivity contribution >= 4 is 57.4 Å². The van der Waals surface area contributed by atoms with Gasteiger partial charge < -0.3 is 11.5 Å². The molecule has 0 saturated carbocycles. The molecule has 1 rings (SSSR count). The molecule has 0 spiro atoms. The minimum Gasteiger partial charge on any atom is -0.368 e. The number of carbonyl (C=O) groups is 2. The van der Waals surface area contributed by atoms with Gasteiger partial charge in [-0.1, -0.05) is 0 Å². The fourth-order valence-corrected chi connectivity index (χ4v) is 3.37. The van der Waals surface area contributed by atoms with Crippen LogP contribution in [-0.4, -0.2) is 18.2 Å². The molecule has 86 valence electrons. The number of benzene rings is 1. The number of rotatable bonds is 4. The van der Waals surface area contributed by atoms with Gasteiger partial charge in [-0.2, -0.15) is 0 Å². The molecule has 0 aromatic heterocycles. The Morgan fingerprint density at radius 2 is 1.88 bits per heavy atom. The SMILES string of the molecule is NC(=O)C(N)Cc1cc(I)c(C=O)c(I)c1. The summed E-state index contributed by atoms with van der Waals surface area (Å²) >= 11 is 4.17. The smallest absolute Gasteiger partial charge is 0.234 e. The van der Waals surface area contributed by atoms with E-state index in [1.165, 1.54) is 0 Å². The van der Waals surface area contributed by atoms with Crippen LogP contribution < -0.4 is 11.5 Å². The van der Waals surface area contributed by atoms with Gasteiger partial charge in [0.05, 0.1) is 6.04 Å². The Morgan fingerprint density at radius 3 is 2.25 bits per heavy atom. The largest absolute Gasteiger partial charge is 0.368 e. The third-order valence-electron chi connectivity index (χ3n) is 2.08. The molecule has 0 fully saturated rings. The van der Waals surface area contributed by atoms with E-state index in [0.29, 0.717) is 12.0 Å². The topological polar surface area (TPSA) is 86.2 Å². The van der Waals surface area contributed by atoms with Crippen molar-refractivity contribution in [1.82, 2.24) is 0 Å². The Labute approximate surface area is 120 Å². The fraction of sp³-hybridized carbons (Fsp3) is 0.200. The molecule has 1 aromatic rings. The lowest BCUT2D eigenvalue weighted by atomic mass is 10.0. The summed E-state index contributed by atoms with van der Waals surface area (Å²) in [5.41, 5.74) is 12.2. The van der Waals surface area contributed by atoms with Crippen LogP contribution in [0.1, 0.15) is 15.9 Å². The molecular weight excluding hydrogens is 434 g/mol. The number of nitrogens with two attached hydrogens (primary N) is 2. The van der Waals surface area contributed by atoms with E-state index >= 15 is 0 Å². The minimum atomic E-state index is -0.686. The van der Waals surface area contributed by atoms with Crippen LogP contribution in [0.3, 0.4) is 0 Å². The molecule has 0 radical (unpaired) electrons. The molecule has 0 heterocycles. The Morgan fingerprint density at radius 1 is 1.38 bits per heavy atom. The Hall–Kier alpha value is -0.220. The van der Waals surface area contributed by atoms with Crippen molar-refractivity contribution in [1.29, 1.82) is 0 Å². The molecule has 1 aromatic carbocycles. The maximum absolute atomic E-state index is 10.8. The summed E-state index contributed by atoms with van der Waals surface area (Å²) in [6.45, 7) is 0. The number of amides is 1.